The van der Waals surface area contributed by atoms with Crippen molar-refractivity contribution in [3.05, 3.63) is 34.3 Å². The van der Waals surface area contributed by atoms with Crippen LogP contribution in [0, 0.1) is 17.2 Å². The average molecular weight is 339 g/mol. The average Bonchev–Trinajstić information content (AvgIpc) is 2.40. The summed E-state index contributed by atoms with van der Waals surface area (Å²) in [6, 6.07) is 8.00. The predicted octanol–water partition coefficient (Wildman–Crippen LogP) is 1.92. The maximum atomic E-state index is 12.1. The number of rotatable bonds is 6. The smallest absolute Gasteiger partial charge is 0.245 e. The number of amides is 1. The number of ketones is 1. The molecule has 1 aromatic carbocycles. The molecule has 2 atom stereocenters. The summed E-state index contributed by atoms with van der Waals surface area (Å²) in [6.07, 6.45) is 0. The highest BCUT2D eigenvalue weighted by atomic mass is 79.9. The van der Waals surface area contributed by atoms with Gasteiger partial charge in [0.25, 0.3) is 0 Å². The van der Waals surface area contributed by atoms with Crippen LogP contribution in [0.3, 0.4) is 0 Å². The number of nitrogens with zero attached hydrogens (tertiary/aromatic N) is 1. The van der Waals surface area contributed by atoms with Crippen molar-refractivity contribution in [1.82, 2.24) is 5.32 Å². The molecule has 0 aliphatic carbocycles. The van der Waals surface area contributed by atoms with E-state index < -0.39 is 17.6 Å². The van der Waals surface area contributed by atoms with Crippen LogP contribution >= 0.6 is 15.9 Å². The summed E-state index contributed by atoms with van der Waals surface area (Å²) in [5, 5.41) is 11.6. The molecule has 106 valence electrons. The molecule has 1 aromatic rings. The fourth-order valence-electron chi connectivity index (χ4n) is 1.63. The molecule has 0 unspecified atom stereocenters. The minimum Gasteiger partial charge on any atom is -0.383 e. The summed E-state index contributed by atoms with van der Waals surface area (Å²) >= 11 is 3.26. The Morgan fingerprint density at radius 2 is 2.00 bits per heavy atom. The Morgan fingerprint density at radius 3 is 2.50 bits per heavy atom. The van der Waals surface area contributed by atoms with Crippen molar-refractivity contribution in [2.24, 2.45) is 5.92 Å². The first-order chi connectivity index (χ1) is 9.49. The molecule has 6 heteroatoms. The van der Waals surface area contributed by atoms with Crippen LogP contribution in [-0.2, 0) is 9.53 Å². The first-order valence-corrected chi connectivity index (χ1v) is 6.77. The van der Waals surface area contributed by atoms with Crippen LogP contribution in [0.25, 0.3) is 0 Å². The van der Waals surface area contributed by atoms with Crippen molar-refractivity contribution in [1.29, 1.82) is 5.26 Å². The fourth-order valence-corrected chi connectivity index (χ4v) is 1.90. The van der Waals surface area contributed by atoms with Crippen LogP contribution in [0.15, 0.2) is 28.7 Å². The Balaban J connectivity index is 2.80. The van der Waals surface area contributed by atoms with E-state index in [0.29, 0.717) is 12.2 Å². The molecule has 0 spiro atoms. The molecule has 0 aliphatic rings. The van der Waals surface area contributed by atoms with Gasteiger partial charge in [0.05, 0.1) is 12.7 Å². The topological polar surface area (TPSA) is 79.2 Å². The number of hydrogen-bond acceptors (Lipinski definition) is 4. The zero-order valence-corrected chi connectivity index (χ0v) is 12.8. The van der Waals surface area contributed by atoms with Crippen molar-refractivity contribution in [2.45, 2.75) is 13.0 Å². The number of carbonyl (C=O) groups is 2. The van der Waals surface area contributed by atoms with Crippen molar-refractivity contribution >= 4 is 27.6 Å². The Labute approximate surface area is 126 Å². The lowest BCUT2D eigenvalue weighted by molar-refractivity contribution is -0.123. The van der Waals surface area contributed by atoms with Crippen LogP contribution in [0.1, 0.15) is 17.3 Å². The molecule has 0 radical (unpaired) electrons. The van der Waals surface area contributed by atoms with Gasteiger partial charge >= 0.3 is 0 Å². The quantitative estimate of drug-likeness (QED) is 0.634. The lowest BCUT2D eigenvalue weighted by atomic mass is 9.98. The largest absolute Gasteiger partial charge is 0.383 e. The molecule has 0 saturated heterocycles. The number of hydrogen-bond donors (Lipinski definition) is 1. The zero-order chi connectivity index (χ0) is 15.1. The Bertz CT molecular complexity index is 522. The van der Waals surface area contributed by atoms with Crippen molar-refractivity contribution in [3.8, 4) is 6.07 Å². The minimum absolute atomic E-state index is 0.263. The van der Waals surface area contributed by atoms with Crippen LogP contribution < -0.4 is 5.32 Å². The number of ether oxygens (including phenoxy) is 1. The number of halogens is 1. The van der Waals surface area contributed by atoms with E-state index in [9.17, 15) is 9.59 Å². The fraction of sp³-hybridized carbons (Fsp3) is 0.357. The summed E-state index contributed by atoms with van der Waals surface area (Å²) in [7, 11) is 1.51. The second kappa shape index (κ2) is 7.78. The van der Waals surface area contributed by atoms with Gasteiger partial charge < -0.3 is 10.1 Å². The highest BCUT2D eigenvalue weighted by molar-refractivity contribution is 9.10. The van der Waals surface area contributed by atoms with E-state index in [2.05, 4.69) is 21.2 Å². The van der Waals surface area contributed by atoms with Gasteiger partial charge in [-0.05, 0) is 19.1 Å². The molecule has 0 saturated carbocycles. The third-order valence-electron chi connectivity index (χ3n) is 2.59. The maximum absolute atomic E-state index is 12.1. The van der Waals surface area contributed by atoms with E-state index in [1.807, 2.05) is 0 Å². The van der Waals surface area contributed by atoms with Gasteiger partial charge in [0, 0.05) is 23.2 Å². The number of Topliss-reactive ketones (excluding diaryl/α,β-unsaturated/α-hetero) is 1. The van der Waals surface area contributed by atoms with Gasteiger partial charge in [0.2, 0.25) is 5.91 Å². The SMILES string of the molecule is COC[C@H](C)NC(=O)[C@@H](C#N)C(=O)c1ccc(Br)cc1. The Kier molecular flexibility index (Phi) is 6.36. The maximum Gasteiger partial charge on any atom is 0.245 e. The lowest BCUT2D eigenvalue weighted by Crippen LogP contribution is -2.41. The van der Waals surface area contributed by atoms with E-state index in [1.165, 1.54) is 7.11 Å². The molecular weight excluding hydrogens is 324 g/mol. The number of benzene rings is 1. The van der Waals surface area contributed by atoms with E-state index in [-0.39, 0.29) is 6.04 Å². The van der Waals surface area contributed by atoms with E-state index in [1.54, 1.807) is 37.3 Å². The molecule has 20 heavy (non-hydrogen) atoms. The number of carbonyl (C=O) groups excluding carboxylic acids is 2. The highest BCUT2D eigenvalue weighted by Gasteiger charge is 2.28. The monoisotopic (exact) mass is 338 g/mol. The zero-order valence-electron chi connectivity index (χ0n) is 11.2. The molecule has 0 heterocycles. The van der Waals surface area contributed by atoms with Gasteiger partial charge in [0.1, 0.15) is 0 Å². The Morgan fingerprint density at radius 1 is 1.40 bits per heavy atom. The van der Waals surface area contributed by atoms with E-state index in [4.69, 9.17) is 10.00 Å². The van der Waals surface area contributed by atoms with Crippen LogP contribution in [0.4, 0.5) is 0 Å². The number of methoxy groups -OCH3 is 1. The summed E-state index contributed by atoms with van der Waals surface area (Å²) in [5.41, 5.74) is 0.328. The first kappa shape index (κ1) is 16.3. The predicted molar refractivity (Wildman–Crippen MR) is 77.1 cm³/mol. The van der Waals surface area contributed by atoms with Crippen LogP contribution in [-0.4, -0.2) is 31.4 Å². The second-order valence-corrected chi connectivity index (χ2v) is 5.21. The molecule has 1 rings (SSSR count). The lowest BCUT2D eigenvalue weighted by Gasteiger charge is -2.15. The molecule has 0 aliphatic heterocycles. The van der Waals surface area contributed by atoms with Gasteiger partial charge in [-0.1, -0.05) is 28.1 Å². The second-order valence-electron chi connectivity index (χ2n) is 4.30. The number of nitrogens with one attached hydrogen (secondary N) is 1. The van der Waals surface area contributed by atoms with Gasteiger partial charge in [-0.3, -0.25) is 9.59 Å². The van der Waals surface area contributed by atoms with Crippen molar-refractivity contribution < 1.29 is 14.3 Å². The molecule has 1 N–H and O–H groups in total. The van der Waals surface area contributed by atoms with Crippen molar-refractivity contribution in [2.75, 3.05) is 13.7 Å². The summed E-state index contributed by atoms with van der Waals surface area (Å²) in [6.45, 7) is 2.05. The highest BCUT2D eigenvalue weighted by Crippen LogP contribution is 2.14. The van der Waals surface area contributed by atoms with Crippen LogP contribution in [0.2, 0.25) is 0 Å². The molecule has 0 fully saturated rings. The standard InChI is InChI=1S/C14H15BrN2O3/c1-9(8-20-2)17-14(19)12(7-16)13(18)10-3-5-11(15)6-4-10/h3-6,9,12H,8H2,1-2H3,(H,17,19)/t9-,12-/m0/s1. The van der Waals surface area contributed by atoms with Gasteiger partial charge in [-0.15, -0.1) is 0 Å². The summed E-state index contributed by atoms with van der Waals surface area (Å²) in [4.78, 5) is 24.1. The molecule has 5 nitrogen and oxygen atoms in total. The minimum atomic E-state index is -1.35. The summed E-state index contributed by atoms with van der Waals surface area (Å²) in [5.74, 6) is -2.47. The Hall–Kier alpha value is -1.71. The van der Waals surface area contributed by atoms with Gasteiger partial charge in [0.15, 0.2) is 11.7 Å². The van der Waals surface area contributed by atoms with Gasteiger partial charge in [-0.25, -0.2) is 0 Å². The number of nitriles is 1. The molecule has 1 amide bonds. The van der Waals surface area contributed by atoms with Crippen molar-refractivity contribution in [3.63, 3.8) is 0 Å². The summed E-state index contributed by atoms with van der Waals surface area (Å²) < 4.78 is 5.71. The first-order valence-electron chi connectivity index (χ1n) is 5.98. The molecule has 0 aromatic heterocycles. The van der Waals surface area contributed by atoms with E-state index in [0.717, 1.165) is 4.47 Å². The molecule has 0 bridgehead atoms. The normalized spacial score (nSPS) is 13.1. The van der Waals surface area contributed by atoms with Crippen LogP contribution in [0.5, 0.6) is 0 Å². The molecular formula is C14H15BrN2O3. The third kappa shape index (κ3) is 4.44. The third-order valence-corrected chi connectivity index (χ3v) is 3.12. The van der Waals surface area contributed by atoms with Gasteiger partial charge in [-0.2, -0.15) is 5.26 Å². The van der Waals surface area contributed by atoms with E-state index >= 15 is 0 Å².